The van der Waals surface area contributed by atoms with E-state index in [1.807, 2.05) is 43.3 Å². The zero-order valence-corrected chi connectivity index (χ0v) is 27.1. The molecule has 0 aliphatic carbocycles. The summed E-state index contributed by atoms with van der Waals surface area (Å²) >= 11 is 0. The Morgan fingerprint density at radius 3 is 1.89 bits per heavy atom. The molecule has 4 aromatic rings. The summed E-state index contributed by atoms with van der Waals surface area (Å²) in [6, 6.07) is 34.7. The molecule has 2 amide bonds. The normalized spacial score (nSPS) is 14.5. The average Bonchev–Trinajstić information content (AvgIpc) is 3.11. The summed E-state index contributed by atoms with van der Waals surface area (Å²) in [5.74, 6) is -0.862. The molecule has 1 atom stereocenters. The molecule has 4 aromatic carbocycles. The number of nitrogens with one attached hydrogen (secondary N) is 2. The molecule has 5 rings (SSSR count). The standard InChI is InChI=1S/C40H44N4O3/c1-2-11-37(38(45)28-41-39(46)35-15-7-4-8-16-35)42-40(47)36-17-10-9-14-34(36)23-22-31-18-20-33(21-19-31)30-44-26-24-43(25-27-44)29-32-12-5-3-6-13-32/h3-10,12-23,37H,2,11,24-30H2,1H3,(H,41,46)(H,42,47). The van der Waals surface area contributed by atoms with E-state index in [4.69, 9.17) is 0 Å². The van der Waals surface area contributed by atoms with Gasteiger partial charge in [0, 0.05) is 50.4 Å². The number of Topliss-reactive ketones (excluding diaryl/α,β-unsaturated/α-hetero) is 1. The van der Waals surface area contributed by atoms with Gasteiger partial charge in [0.1, 0.15) is 0 Å². The molecule has 0 saturated carbocycles. The quantitative estimate of drug-likeness (QED) is 0.166. The second-order valence-corrected chi connectivity index (χ2v) is 12.0. The van der Waals surface area contributed by atoms with E-state index in [2.05, 4.69) is 75.0 Å². The third-order valence-electron chi connectivity index (χ3n) is 8.49. The van der Waals surface area contributed by atoms with Crippen LogP contribution in [0.5, 0.6) is 0 Å². The minimum atomic E-state index is -0.694. The summed E-state index contributed by atoms with van der Waals surface area (Å²) < 4.78 is 0. The highest BCUT2D eigenvalue weighted by Crippen LogP contribution is 2.17. The minimum absolute atomic E-state index is 0.152. The van der Waals surface area contributed by atoms with Crippen molar-refractivity contribution in [2.24, 2.45) is 0 Å². The maximum Gasteiger partial charge on any atom is 0.252 e. The van der Waals surface area contributed by atoms with Crippen LogP contribution in [0.1, 0.15) is 62.7 Å². The Balaban J connectivity index is 1.13. The lowest BCUT2D eigenvalue weighted by atomic mass is 10.0. The fraction of sp³-hybridized carbons (Fsp3) is 0.275. The summed E-state index contributed by atoms with van der Waals surface area (Å²) in [5, 5.41) is 5.60. The number of benzene rings is 4. The molecule has 0 spiro atoms. The Hall–Kier alpha value is -4.85. The Morgan fingerprint density at radius 2 is 1.26 bits per heavy atom. The van der Waals surface area contributed by atoms with E-state index in [0.29, 0.717) is 24.0 Å². The van der Waals surface area contributed by atoms with Crippen molar-refractivity contribution >= 4 is 29.7 Å². The average molecular weight is 629 g/mol. The van der Waals surface area contributed by atoms with Gasteiger partial charge in [0.05, 0.1) is 12.6 Å². The van der Waals surface area contributed by atoms with E-state index in [1.54, 1.807) is 30.3 Å². The van der Waals surface area contributed by atoms with Gasteiger partial charge in [0.25, 0.3) is 11.8 Å². The lowest BCUT2D eigenvalue weighted by Gasteiger charge is -2.34. The first-order valence-electron chi connectivity index (χ1n) is 16.5. The fourth-order valence-corrected chi connectivity index (χ4v) is 5.80. The van der Waals surface area contributed by atoms with E-state index in [-0.39, 0.29) is 24.1 Å². The van der Waals surface area contributed by atoms with E-state index < -0.39 is 6.04 Å². The zero-order valence-electron chi connectivity index (χ0n) is 27.1. The molecular weight excluding hydrogens is 584 g/mol. The van der Waals surface area contributed by atoms with Gasteiger partial charge in [-0.1, -0.05) is 116 Å². The SMILES string of the molecule is CCCC(NC(=O)c1ccccc1C=Cc1ccc(CN2CCN(Cc3ccccc3)CC2)cc1)C(=O)CNC(=O)c1ccccc1. The Bertz CT molecular complexity index is 1630. The number of ketones is 1. The molecule has 1 aliphatic rings. The van der Waals surface area contributed by atoms with E-state index in [9.17, 15) is 14.4 Å². The number of hydrogen-bond donors (Lipinski definition) is 2. The van der Waals surface area contributed by atoms with Crippen molar-refractivity contribution in [2.75, 3.05) is 32.7 Å². The molecule has 1 unspecified atom stereocenters. The van der Waals surface area contributed by atoms with Crippen molar-refractivity contribution in [3.8, 4) is 0 Å². The molecule has 1 aliphatic heterocycles. The molecule has 2 N–H and O–H groups in total. The molecule has 7 nitrogen and oxygen atoms in total. The van der Waals surface area contributed by atoms with Crippen LogP contribution in [0.2, 0.25) is 0 Å². The zero-order chi connectivity index (χ0) is 32.8. The van der Waals surface area contributed by atoms with E-state index >= 15 is 0 Å². The van der Waals surface area contributed by atoms with Gasteiger partial charge in [-0.15, -0.1) is 0 Å². The lowest BCUT2D eigenvalue weighted by Crippen LogP contribution is -2.45. The molecule has 0 radical (unpaired) electrons. The number of amides is 2. The van der Waals surface area contributed by atoms with Crippen LogP contribution in [-0.4, -0.2) is 66.2 Å². The van der Waals surface area contributed by atoms with Gasteiger partial charge in [-0.2, -0.15) is 0 Å². The predicted octanol–water partition coefficient (Wildman–Crippen LogP) is 6.07. The monoisotopic (exact) mass is 628 g/mol. The number of nitrogens with zero attached hydrogens (tertiary/aromatic N) is 2. The van der Waals surface area contributed by atoms with Crippen molar-refractivity contribution in [1.29, 1.82) is 0 Å². The topological polar surface area (TPSA) is 81.8 Å². The number of hydrogen-bond acceptors (Lipinski definition) is 5. The van der Waals surface area contributed by atoms with Gasteiger partial charge >= 0.3 is 0 Å². The molecule has 1 saturated heterocycles. The number of rotatable bonds is 14. The third-order valence-corrected chi connectivity index (χ3v) is 8.49. The van der Waals surface area contributed by atoms with Crippen molar-refractivity contribution < 1.29 is 14.4 Å². The Labute approximate surface area is 278 Å². The highest BCUT2D eigenvalue weighted by Gasteiger charge is 2.22. The van der Waals surface area contributed by atoms with Gasteiger partial charge in [-0.25, -0.2) is 0 Å². The highest BCUT2D eigenvalue weighted by molar-refractivity contribution is 6.02. The fourth-order valence-electron chi connectivity index (χ4n) is 5.80. The first-order chi connectivity index (χ1) is 23.0. The van der Waals surface area contributed by atoms with E-state index in [0.717, 1.165) is 50.4 Å². The first-order valence-corrected chi connectivity index (χ1v) is 16.5. The molecule has 1 fully saturated rings. The van der Waals surface area contributed by atoms with Crippen LogP contribution in [-0.2, 0) is 17.9 Å². The van der Waals surface area contributed by atoms with Crippen LogP contribution in [0.25, 0.3) is 12.2 Å². The largest absolute Gasteiger partial charge is 0.345 e. The van der Waals surface area contributed by atoms with Crippen LogP contribution >= 0.6 is 0 Å². The summed E-state index contributed by atoms with van der Waals surface area (Å²) in [4.78, 5) is 43.8. The van der Waals surface area contributed by atoms with Crippen LogP contribution in [0, 0.1) is 0 Å². The first kappa shape index (κ1) is 33.5. The van der Waals surface area contributed by atoms with Gasteiger partial charge in [-0.3, -0.25) is 24.2 Å². The number of piperazine rings is 1. The molecule has 7 heteroatoms. The second kappa shape index (κ2) is 17.2. The maximum absolute atomic E-state index is 13.4. The molecule has 47 heavy (non-hydrogen) atoms. The number of carbonyl (C=O) groups excluding carboxylic acids is 3. The molecular formula is C40H44N4O3. The third kappa shape index (κ3) is 10.1. The Morgan fingerprint density at radius 1 is 0.681 bits per heavy atom. The Kier molecular flexibility index (Phi) is 12.2. The summed E-state index contributed by atoms with van der Waals surface area (Å²) in [6.45, 7) is 8.00. The summed E-state index contributed by atoms with van der Waals surface area (Å²) in [5.41, 5.74) is 5.44. The van der Waals surface area contributed by atoms with Crippen LogP contribution in [0.15, 0.2) is 109 Å². The molecule has 0 aromatic heterocycles. The molecule has 0 bridgehead atoms. The second-order valence-electron chi connectivity index (χ2n) is 12.0. The van der Waals surface area contributed by atoms with Crippen molar-refractivity contribution in [2.45, 2.75) is 38.9 Å². The van der Waals surface area contributed by atoms with Crippen molar-refractivity contribution in [3.05, 3.63) is 143 Å². The van der Waals surface area contributed by atoms with Crippen LogP contribution < -0.4 is 10.6 Å². The van der Waals surface area contributed by atoms with Crippen molar-refractivity contribution in [1.82, 2.24) is 20.4 Å². The van der Waals surface area contributed by atoms with Gasteiger partial charge in [-0.05, 0) is 46.9 Å². The van der Waals surface area contributed by atoms with Crippen LogP contribution in [0.4, 0.5) is 0 Å². The summed E-state index contributed by atoms with van der Waals surface area (Å²) in [6.07, 6.45) is 5.14. The molecule has 242 valence electrons. The number of carbonyl (C=O) groups is 3. The smallest absolute Gasteiger partial charge is 0.252 e. The minimum Gasteiger partial charge on any atom is -0.345 e. The highest BCUT2D eigenvalue weighted by atomic mass is 16.2. The van der Waals surface area contributed by atoms with Crippen molar-refractivity contribution in [3.63, 3.8) is 0 Å². The molecule has 1 heterocycles. The van der Waals surface area contributed by atoms with E-state index in [1.165, 1.54) is 11.1 Å². The lowest BCUT2D eigenvalue weighted by molar-refractivity contribution is -0.120. The van der Waals surface area contributed by atoms with Gasteiger partial charge < -0.3 is 10.6 Å². The summed E-state index contributed by atoms with van der Waals surface area (Å²) in [7, 11) is 0. The predicted molar refractivity (Wildman–Crippen MR) is 189 cm³/mol. The van der Waals surface area contributed by atoms with Gasteiger partial charge in [0.2, 0.25) is 0 Å². The maximum atomic E-state index is 13.4. The van der Waals surface area contributed by atoms with Crippen LogP contribution in [0.3, 0.4) is 0 Å². The van der Waals surface area contributed by atoms with Gasteiger partial charge in [0.15, 0.2) is 5.78 Å².